The molecule has 0 aromatic carbocycles. The number of amidine groups is 1. The van der Waals surface area contributed by atoms with Crippen molar-refractivity contribution in [3.8, 4) is 0 Å². The maximum absolute atomic E-state index is 11.6. The van der Waals surface area contributed by atoms with Crippen LogP contribution in [0.3, 0.4) is 0 Å². The van der Waals surface area contributed by atoms with Crippen molar-refractivity contribution < 1.29 is 9.94 Å². The Morgan fingerprint density at radius 1 is 1.67 bits per heavy atom. The number of aryl methyl sites for hydroxylation is 1. The minimum absolute atomic E-state index is 0.0217. The highest BCUT2D eigenvalue weighted by molar-refractivity contribution is 5.85. The molecule has 1 fully saturated rings. The van der Waals surface area contributed by atoms with Gasteiger partial charge in [-0.3, -0.25) is 0 Å². The van der Waals surface area contributed by atoms with E-state index in [2.05, 4.69) is 20.3 Å². The average molecular weight is 293 g/mol. The summed E-state index contributed by atoms with van der Waals surface area (Å²) in [6.45, 7) is 3.19. The summed E-state index contributed by atoms with van der Waals surface area (Å²) in [6, 6.07) is 1.71. The first-order chi connectivity index (χ1) is 10.1. The summed E-state index contributed by atoms with van der Waals surface area (Å²) in [6.07, 6.45) is -0.497. The summed E-state index contributed by atoms with van der Waals surface area (Å²) in [5, 5.41) is 18.0. The molecule has 21 heavy (non-hydrogen) atoms. The molecule has 3 rings (SSSR count). The van der Waals surface area contributed by atoms with Crippen LogP contribution < -0.4 is 16.3 Å². The van der Waals surface area contributed by atoms with Crippen LogP contribution in [0.15, 0.2) is 16.0 Å². The van der Waals surface area contributed by atoms with Gasteiger partial charge in [0.1, 0.15) is 17.7 Å². The second-order valence-electron chi connectivity index (χ2n) is 4.71. The van der Waals surface area contributed by atoms with Gasteiger partial charge in [-0.25, -0.2) is 19.3 Å². The van der Waals surface area contributed by atoms with Gasteiger partial charge in [-0.1, -0.05) is 5.16 Å². The lowest BCUT2D eigenvalue weighted by Crippen LogP contribution is -2.49. The summed E-state index contributed by atoms with van der Waals surface area (Å²) in [5.41, 5.74) is 5.75. The van der Waals surface area contributed by atoms with Crippen LogP contribution in [0.1, 0.15) is 5.82 Å². The molecule has 1 unspecified atom stereocenters. The number of morpholine rings is 1. The number of ether oxygens (including phenoxy) is 1. The molecule has 10 heteroatoms. The monoisotopic (exact) mass is 293 g/mol. The molecule has 2 aromatic rings. The number of aromatic amines is 1. The molecule has 1 aliphatic heterocycles. The fourth-order valence-electron chi connectivity index (χ4n) is 2.34. The molecule has 3 heterocycles. The predicted molar refractivity (Wildman–Crippen MR) is 73.7 cm³/mol. The Bertz CT molecular complexity index is 750. The second-order valence-corrected chi connectivity index (χ2v) is 4.71. The lowest BCUT2D eigenvalue weighted by Gasteiger charge is -2.33. The van der Waals surface area contributed by atoms with Crippen molar-refractivity contribution >= 4 is 17.3 Å². The van der Waals surface area contributed by atoms with E-state index < -0.39 is 6.10 Å². The summed E-state index contributed by atoms with van der Waals surface area (Å²) < 4.78 is 6.84. The molecule has 4 N–H and O–H groups in total. The lowest BCUT2D eigenvalue weighted by atomic mass is 10.2. The number of nitrogens with zero attached hydrogens (tertiary/aromatic N) is 5. The fraction of sp³-hybridized carbons (Fsp3) is 0.455. The zero-order chi connectivity index (χ0) is 15.0. The molecule has 112 valence electrons. The number of hydrogen-bond donors (Lipinski definition) is 3. The smallest absolute Gasteiger partial charge is 0.349 e. The van der Waals surface area contributed by atoms with Gasteiger partial charge >= 0.3 is 5.69 Å². The minimum Gasteiger partial charge on any atom is -0.409 e. The topological polar surface area (TPSA) is 134 Å². The first kappa shape index (κ1) is 13.4. The van der Waals surface area contributed by atoms with Gasteiger partial charge in [0.15, 0.2) is 11.5 Å². The second kappa shape index (κ2) is 5.05. The van der Waals surface area contributed by atoms with Crippen LogP contribution in [0, 0.1) is 6.92 Å². The standard InChI is InChI=1S/C11H15N7O3/c1-6-13-8(4-9-14-15-11(19)18(6)9)17-2-3-21-7(5-17)10(12)16-20/h4,7,20H,2-3,5H2,1H3,(H2,12,16)(H,15,19). The molecule has 0 radical (unpaired) electrons. The van der Waals surface area contributed by atoms with Crippen molar-refractivity contribution in [1.29, 1.82) is 0 Å². The number of fused-ring (bicyclic) bond motifs is 1. The van der Waals surface area contributed by atoms with Crippen LogP contribution in [-0.2, 0) is 4.74 Å². The van der Waals surface area contributed by atoms with Crippen LogP contribution in [0.4, 0.5) is 5.82 Å². The van der Waals surface area contributed by atoms with Crippen molar-refractivity contribution in [3.05, 3.63) is 22.4 Å². The fourth-order valence-corrected chi connectivity index (χ4v) is 2.34. The first-order valence-corrected chi connectivity index (χ1v) is 6.39. The van der Waals surface area contributed by atoms with Crippen molar-refractivity contribution in [2.45, 2.75) is 13.0 Å². The molecular formula is C11H15N7O3. The van der Waals surface area contributed by atoms with E-state index in [1.165, 1.54) is 4.40 Å². The van der Waals surface area contributed by atoms with E-state index in [1.807, 2.05) is 4.90 Å². The van der Waals surface area contributed by atoms with Crippen LogP contribution in [0.25, 0.3) is 5.65 Å². The molecule has 0 aliphatic carbocycles. The minimum atomic E-state index is -0.497. The Hall–Kier alpha value is -2.62. The Morgan fingerprint density at radius 3 is 3.24 bits per heavy atom. The molecule has 1 saturated heterocycles. The Morgan fingerprint density at radius 2 is 2.48 bits per heavy atom. The molecule has 0 saturated carbocycles. The van der Waals surface area contributed by atoms with E-state index >= 15 is 0 Å². The van der Waals surface area contributed by atoms with Gasteiger partial charge < -0.3 is 20.6 Å². The van der Waals surface area contributed by atoms with Gasteiger partial charge in [-0.15, -0.1) is 0 Å². The highest BCUT2D eigenvalue weighted by atomic mass is 16.5. The van der Waals surface area contributed by atoms with Crippen LogP contribution in [-0.4, -0.2) is 56.4 Å². The first-order valence-electron chi connectivity index (χ1n) is 6.39. The highest BCUT2D eigenvalue weighted by Gasteiger charge is 2.25. The Labute approximate surface area is 118 Å². The SMILES string of the molecule is Cc1nc(N2CCOC(C(N)=NO)C2)cc2n[nH]c(=O)n12. The van der Waals surface area contributed by atoms with E-state index in [1.54, 1.807) is 13.0 Å². The van der Waals surface area contributed by atoms with E-state index in [4.69, 9.17) is 15.7 Å². The van der Waals surface area contributed by atoms with Crippen molar-refractivity contribution in [2.75, 3.05) is 24.6 Å². The van der Waals surface area contributed by atoms with E-state index in [-0.39, 0.29) is 11.5 Å². The average Bonchev–Trinajstić information content (AvgIpc) is 2.88. The summed E-state index contributed by atoms with van der Waals surface area (Å²) in [7, 11) is 0. The largest absolute Gasteiger partial charge is 0.409 e. The third kappa shape index (κ3) is 2.29. The molecule has 10 nitrogen and oxygen atoms in total. The zero-order valence-electron chi connectivity index (χ0n) is 11.4. The molecule has 0 amide bonds. The number of hydrogen-bond acceptors (Lipinski definition) is 7. The van der Waals surface area contributed by atoms with Crippen molar-refractivity contribution in [2.24, 2.45) is 10.9 Å². The number of nitrogens with one attached hydrogen (secondary N) is 1. The predicted octanol–water partition coefficient (Wildman–Crippen LogP) is -1.32. The maximum atomic E-state index is 11.6. The van der Waals surface area contributed by atoms with Crippen molar-refractivity contribution in [3.63, 3.8) is 0 Å². The molecule has 0 bridgehead atoms. The van der Waals surface area contributed by atoms with E-state index in [0.29, 0.717) is 37.0 Å². The molecule has 0 spiro atoms. The quantitative estimate of drug-likeness (QED) is 0.270. The van der Waals surface area contributed by atoms with Gasteiger partial charge in [-0.2, -0.15) is 5.10 Å². The van der Waals surface area contributed by atoms with Crippen LogP contribution in [0.5, 0.6) is 0 Å². The zero-order valence-corrected chi connectivity index (χ0v) is 11.4. The molecule has 1 aliphatic rings. The Balaban J connectivity index is 1.95. The number of H-pyrrole nitrogens is 1. The number of rotatable bonds is 2. The van der Waals surface area contributed by atoms with Crippen molar-refractivity contribution in [1.82, 2.24) is 19.6 Å². The highest BCUT2D eigenvalue weighted by Crippen LogP contribution is 2.17. The Kier molecular flexibility index (Phi) is 3.22. The van der Waals surface area contributed by atoms with Gasteiger partial charge in [0.05, 0.1) is 13.2 Å². The normalized spacial score (nSPS) is 20.1. The summed E-state index contributed by atoms with van der Waals surface area (Å²) in [5.74, 6) is 1.22. The number of oxime groups is 1. The third-order valence-electron chi connectivity index (χ3n) is 3.39. The van der Waals surface area contributed by atoms with Gasteiger partial charge in [-0.05, 0) is 6.92 Å². The van der Waals surface area contributed by atoms with Crippen LogP contribution in [0.2, 0.25) is 0 Å². The summed E-state index contributed by atoms with van der Waals surface area (Å²) >= 11 is 0. The molecule has 1 atom stereocenters. The van der Waals surface area contributed by atoms with Gasteiger partial charge in [0.25, 0.3) is 0 Å². The van der Waals surface area contributed by atoms with E-state index in [0.717, 1.165) is 0 Å². The van der Waals surface area contributed by atoms with Gasteiger partial charge in [0.2, 0.25) is 0 Å². The third-order valence-corrected chi connectivity index (χ3v) is 3.39. The van der Waals surface area contributed by atoms with E-state index in [9.17, 15) is 4.79 Å². The number of aromatic nitrogens is 4. The summed E-state index contributed by atoms with van der Waals surface area (Å²) in [4.78, 5) is 17.9. The van der Waals surface area contributed by atoms with Crippen LogP contribution >= 0.6 is 0 Å². The molecule has 2 aromatic heterocycles. The molecular weight excluding hydrogens is 278 g/mol. The van der Waals surface area contributed by atoms with Gasteiger partial charge in [0, 0.05) is 12.6 Å². The lowest BCUT2D eigenvalue weighted by molar-refractivity contribution is 0.0804. The maximum Gasteiger partial charge on any atom is 0.349 e. The number of nitrogens with two attached hydrogens (primary N) is 1. The number of anilines is 1.